The number of nitrogens with zero attached hydrogens (tertiary/aromatic N) is 1. The van der Waals surface area contributed by atoms with Gasteiger partial charge in [-0.15, -0.1) is 0 Å². The highest BCUT2D eigenvalue weighted by Gasteiger charge is 2.35. The molecule has 3 saturated heterocycles. The van der Waals surface area contributed by atoms with Gasteiger partial charge < -0.3 is 19.6 Å². The molecule has 2 bridgehead atoms. The lowest BCUT2D eigenvalue weighted by molar-refractivity contribution is 0.0606. The molecule has 5 heteroatoms. The van der Waals surface area contributed by atoms with E-state index in [-0.39, 0.29) is 11.9 Å². The first-order valence-electron chi connectivity index (χ1n) is 9.63. The topological polar surface area (TPSA) is 61.3 Å². The number of benzene rings is 1. The number of carbonyl (C=O) groups excluding carboxylic acids is 1. The van der Waals surface area contributed by atoms with Crippen LogP contribution in [0.1, 0.15) is 23.4 Å². The van der Waals surface area contributed by atoms with Crippen LogP contribution >= 0.6 is 0 Å². The van der Waals surface area contributed by atoms with Crippen molar-refractivity contribution >= 4 is 5.91 Å². The summed E-state index contributed by atoms with van der Waals surface area (Å²) in [6, 6.07) is 16.0. The number of hydrogen-bond donors (Lipinski definition) is 2. The molecule has 0 radical (unpaired) electrons. The van der Waals surface area contributed by atoms with Crippen LogP contribution in [0, 0.1) is 5.92 Å². The van der Waals surface area contributed by atoms with E-state index < -0.39 is 0 Å². The van der Waals surface area contributed by atoms with Gasteiger partial charge in [0, 0.05) is 30.0 Å². The summed E-state index contributed by atoms with van der Waals surface area (Å²) < 4.78 is 5.85. The molecule has 3 aliphatic heterocycles. The third-order valence-corrected chi connectivity index (χ3v) is 5.88. The minimum Gasteiger partial charge on any atom is -0.451 e. The molecular weight excluding hydrogens is 338 g/mol. The van der Waals surface area contributed by atoms with Crippen molar-refractivity contribution in [3.05, 3.63) is 60.5 Å². The summed E-state index contributed by atoms with van der Waals surface area (Å²) >= 11 is 0. The molecular formula is C22H23N3O2. The summed E-state index contributed by atoms with van der Waals surface area (Å²) in [4.78, 5) is 18.3. The largest absolute Gasteiger partial charge is 0.451 e. The van der Waals surface area contributed by atoms with E-state index in [1.165, 1.54) is 25.9 Å². The third kappa shape index (κ3) is 3.19. The van der Waals surface area contributed by atoms with Gasteiger partial charge in [-0.3, -0.25) is 4.79 Å². The zero-order valence-corrected chi connectivity index (χ0v) is 15.2. The quantitative estimate of drug-likeness (QED) is 0.744. The number of fused-ring (bicyclic) bond motifs is 3. The molecule has 27 heavy (non-hydrogen) atoms. The van der Waals surface area contributed by atoms with Gasteiger partial charge >= 0.3 is 0 Å². The first kappa shape index (κ1) is 16.4. The monoisotopic (exact) mass is 361 g/mol. The number of nitrogens with one attached hydrogen (secondary N) is 2. The van der Waals surface area contributed by atoms with Crippen molar-refractivity contribution in [1.82, 2.24) is 15.2 Å². The van der Waals surface area contributed by atoms with Gasteiger partial charge in [0.05, 0.1) is 0 Å². The van der Waals surface area contributed by atoms with Crippen molar-refractivity contribution in [1.29, 1.82) is 0 Å². The maximum absolute atomic E-state index is 12.6. The summed E-state index contributed by atoms with van der Waals surface area (Å²) in [6.45, 7) is 3.30. The third-order valence-electron chi connectivity index (χ3n) is 5.88. The van der Waals surface area contributed by atoms with Gasteiger partial charge in [-0.05, 0) is 61.7 Å². The van der Waals surface area contributed by atoms with Crippen molar-refractivity contribution in [2.75, 3.05) is 19.6 Å². The molecule has 138 valence electrons. The van der Waals surface area contributed by atoms with E-state index in [4.69, 9.17) is 4.42 Å². The van der Waals surface area contributed by atoms with Crippen LogP contribution in [0.5, 0.6) is 0 Å². The minimum atomic E-state index is -0.108. The van der Waals surface area contributed by atoms with Crippen LogP contribution in [0.15, 0.2) is 59.1 Å². The fourth-order valence-corrected chi connectivity index (χ4v) is 4.31. The molecule has 0 saturated carbocycles. The number of aromatic amines is 1. The summed E-state index contributed by atoms with van der Waals surface area (Å²) in [5, 5.41) is 3.18. The van der Waals surface area contributed by atoms with Gasteiger partial charge in [-0.1, -0.05) is 24.3 Å². The average molecular weight is 361 g/mol. The van der Waals surface area contributed by atoms with E-state index in [1.54, 1.807) is 6.07 Å². The molecule has 1 atom stereocenters. The highest BCUT2D eigenvalue weighted by atomic mass is 16.3. The number of rotatable bonds is 4. The molecule has 5 heterocycles. The predicted octanol–water partition coefficient (Wildman–Crippen LogP) is 3.77. The Hall–Kier alpha value is -2.79. The highest BCUT2D eigenvalue weighted by molar-refractivity contribution is 5.92. The van der Waals surface area contributed by atoms with Crippen LogP contribution < -0.4 is 5.32 Å². The van der Waals surface area contributed by atoms with Gasteiger partial charge in [0.2, 0.25) is 0 Å². The number of hydrogen-bond acceptors (Lipinski definition) is 3. The molecule has 2 N–H and O–H groups in total. The maximum Gasteiger partial charge on any atom is 0.287 e. The summed E-state index contributed by atoms with van der Waals surface area (Å²) in [5.41, 5.74) is 3.17. The summed E-state index contributed by atoms with van der Waals surface area (Å²) in [7, 11) is 0. The van der Waals surface area contributed by atoms with Crippen molar-refractivity contribution < 1.29 is 9.21 Å². The highest BCUT2D eigenvalue weighted by Crippen LogP contribution is 2.29. The first-order valence-corrected chi connectivity index (χ1v) is 9.63. The van der Waals surface area contributed by atoms with Gasteiger partial charge in [0.15, 0.2) is 5.76 Å². The van der Waals surface area contributed by atoms with Crippen LogP contribution in [0.25, 0.3) is 22.6 Å². The number of H-pyrrole nitrogens is 1. The molecule has 2 aromatic heterocycles. The normalized spacial score (nSPS) is 24.1. The van der Waals surface area contributed by atoms with Gasteiger partial charge in [-0.25, -0.2) is 0 Å². The number of piperidine rings is 3. The van der Waals surface area contributed by atoms with E-state index in [1.807, 2.05) is 36.5 Å². The SMILES string of the molecule is O=C(NC1CN2CCC1CC2)c1ccc(-c2ccc(-c3ccc[nH]3)cc2)o1. The summed E-state index contributed by atoms with van der Waals surface area (Å²) in [5.74, 6) is 1.60. The Morgan fingerprint density at radius 3 is 2.48 bits per heavy atom. The standard InChI is InChI=1S/C22H23N3O2/c26-22(24-19-14-25-12-9-16(19)10-13-25)21-8-7-20(27-21)17-5-3-15(4-6-17)18-2-1-11-23-18/h1-8,11,16,19,23H,9-10,12-14H2,(H,24,26). The lowest BCUT2D eigenvalue weighted by atomic mass is 9.84. The molecule has 0 aliphatic carbocycles. The second-order valence-corrected chi connectivity index (χ2v) is 7.54. The van der Waals surface area contributed by atoms with E-state index in [2.05, 4.69) is 27.3 Å². The molecule has 1 amide bonds. The Bertz CT molecular complexity index is 919. The maximum atomic E-state index is 12.6. The van der Waals surface area contributed by atoms with Crippen molar-refractivity contribution in [3.63, 3.8) is 0 Å². The lowest BCUT2D eigenvalue weighted by Crippen LogP contribution is -2.57. The fourth-order valence-electron chi connectivity index (χ4n) is 4.31. The minimum absolute atomic E-state index is 0.108. The van der Waals surface area contributed by atoms with Crippen LogP contribution in [0.2, 0.25) is 0 Å². The first-order chi connectivity index (χ1) is 13.3. The van der Waals surface area contributed by atoms with Crippen LogP contribution in [-0.2, 0) is 0 Å². The van der Waals surface area contributed by atoms with E-state index in [0.29, 0.717) is 17.4 Å². The molecule has 5 nitrogen and oxygen atoms in total. The van der Waals surface area contributed by atoms with Crippen LogP contribution in [-0.4, -0.2) is 41.5 Å². The predicted molar refractivity (Wildman–Crippen MR) is 104 cm³/mol. The van der Waals surface area contributed by atoms with E-state index in [0.717, 1.165) is 23.4 Å². The second-order valence-electron chi connectivity index (χ2n) is 7.54. The molecule has 3 aromatic rings. The smallest absolute Gasteiger partial charge is 0.287 e. The van der Waals surface area contributed by atoms with Crippen molar-refractivity contribution in [3.8, 4) is 22.6 Å². The number of aromatic nitrogens is 1. The second kappa shape index (κ2) is 6.74. The molecule has 3 fully saturated rings. The zero-order chi connectivity index (χ0) is 18.2. The van der Waals surface area contributed by atoms with Crippen LogP contribution in [0.4, 0.5) is 0 Å². The Labute approximate surface area is 158 Å². The zero-order valence-electron chi connectivity index (χ0n) is 15.2. The van der Waals surface area contributed by atoms with Crippen molar-refractivity contribution in [2.45, 2.75) is 18.9 Å². The number of amides is 1. The molecule has 0 spiro atoms. The van der Waals surface area contributed by atoms with Crippen molar-refractivity contribution in [2.24, 2.45) is 5.92 Å². The molecule has 3 aliphatic rings. The molecule has 1 unspecified atom stereocenters. The average Bonchev–Trinajstić information content (AvgIpc) is 3.41. The lowest BCUT2D eigenvalue weighted by Gasteiger charge is -2.44. The van der Waals surface area contributed by atoms with E-state index >= 15 is 0 Å². The van der Waals surface area contributed by atoms with Gasteiger partial charge in [-0.2, -0.15) is 0 Å². The molecule has 1 aromatic carbocycles. The Morgan fingerprint density at radius 2 is 1.81 bits per heavy atom. The molecule has 6 rings (SSSR count). The van der Waals surface area contributed by atoms with E-state index in [9.17, 15) is 4.79 Å². The summed E-state index contributed by atoms with van der Waals surface area (Å²) in [6.07, 6.45) is 4.28. The fraction of sp³-hybridized carbons (Fsp3) is 0.318. The Balaban J connectivity index is 1.28. The number of furan rings is 1. The Morgan fingerprint density at radius 1 is 1.04 bits per heavy atom. The van der Waals surface area contributed by atoms with Crippen LogP contribution in [0.3, 0.4) is 0 Å². The van der Waals surface area contributed by atoms with Gasteiger partial charge in [0.25, 0.3) is 5.91 Å². The number of carbonyl (C=O) groups is 1. The Kier molecular flexibility index (Phi) is 4.09. The van der Waals surface area contributed by atoms with Gasteiger partial charge in [0.1, 0.15) is 5.76 Å².